The molecule has 0 saturated heterocycles. The number of nitrogens with two attached hydrogens (primary N) is 1. The van der Waals surface area contributed by atoms with E-state index in [0.29, 0.717) is 38.3 Å². The molecule has 0 saturated carbocycles. The minimum Gasteiger partial charge on any atom is -0.477 e. The number of rotatable bonds is 9. The van der Waals surface area contributed by atoms with E-state index in [0.717, 1.165) is 12.1 Å². The summed E-state index contributed by atoms with van der Waals surface area (Å²) in [6.07, 6.45) is 0.790. The summed E-state index contributed by atoms with van der Waals surface area (Å²) in [6, 6.07) is 1.76. The fourth-order valence-corrected chi connectivity index (χ4v) is 1.26. The first-order valence-electron chi connectivity index (χ1n) is 5.78. The van der Waals surface area contributed by atoms with Crippen LogP contribution >= 0.6 is 0 Å². The largest absolute Gasteiger partial charge is 0.477 e. The number of nitrogen functional groups attached to an aromatic ring is 1. The molecule has 1 heterocycles. The van der Waals surface area contributed by atoms with Crippen LogP contribution in [0.2, 0.25) is 0 Å². The minimum absolute atomic E-state index is 0.348. The zero-order valence-corrected chi connectivity index (χ0v) is 10.8. The highest BCUT2D eigenvalue weighted by molar-refractivity contribution is 5.28. The number of aryl methyl sites for hydroxylation is 1. The normalized spacial score (nSPS) is 10.4. The van der Waals surface area contributed by atoms with Gasteiger partial charge in [0.2, 0.25) is 11.8 Å². The predicted molar refractivity (Wildman–Crippen MR) is 67.4 cm³/mol. The van der Waals surface area contributed by atoms with Gasteiger partial charge in [-0.15, -0.1) is 0 Å². The average Bonchev–Trinajstić information content (AvgIpc) is 2.37. The molecule has 0 aliphatic rings. The van der Waals surface area contributed by atoms with E-state index in [1.165, 1.54) is 0 Å². The van der Waals surface area contributed by atoms with Gasteiger partial charge in [0.25, 0.3) is 0 Å². The van der Waals surface area contributed by atoms with Gasteiger partial charge in [-0.2, -0.15) is 4.98 Å². The molecule has 1 rings (SSSR count). The van der Waals surface area contributed by atoms with Crippen molar-refractivity contribution in [2.24, 2.45) is 5.84 Å². The van der Waals surface area contributed by atoms with Crippen molar-refractivity contribution in [2.75, 3.05) is 39.0 Å². The molecule has 7 nitrogen and oxygen atoms in total. The second-order valence-corrected chi connectivity index (χ2v) is 3.62. The Kier molecular flexibility index (Phi) is 7.00. The van der Waals surface area contributed by atoms with Gasteiger partial charge in [0, 0.05) is 31.9 Å². The summed E-state index contributed by atoms with van der Waals surface area (Å²) < 4.78 is 15.7. The molecular weight excluding hydrogens is 236 g/mol. The van der Waals surface area contributed by atoms with Gasteiger partial charge in [-0.25, -0.2) is 10.8 Å². The topological polar surface area (TPSA) is 91.5 Å². The van der Waals surface area contributed by atoms with E-state index in [4.69, 9.17) is 20.1 Å². The predicted octanol–water partition coefficient (Wildman–Crippen LogP) is 0.503. The summed E-state index contributed by atoms with van der Waals surface area (Å²) in [5.41, 5.74) is 3.19. The maximum absolute atomic E-state index is 5.48. The van der Waals surface area contributed by atoms with Crippen LogP contribution in [0.5, 0.6) is 5.88 Å². The molecule has 0 aliphatic carbocycles. The molecule has 0 bridgehead atoms. The van der Waals surface area contributed by atoms with Gasteiger partial charge >= 0.3 is 0 Å². The van der Waals surface area contributed by atoms with E-state index in [1.54, 1.807) is 13.2 Å². The average molecular weight is 256 g/mol. The molecule has 0 aromatic carbocycles. The van der Waals surface area contributed by atoms with Crippen LogP contribution in [0.1, 0.15) is 12.1 Å². The monoisotopic (exact) mass is 256 g/mol. The Hall–Kier alpha value is -1.44. The number of nitrogens with one attached hydrogen (secondary N) is 1. The standard InChI is InChI=1S/C11H20N4O3/c1-9-8-10(14-11(13-9)15-12)18-5-3-4-17-7-6-16-2/h8H,3-7,12H2,1-2H3,(H,13,14,15). The van der Waals surface area contributed by atoms with E-state index in [1.807, 2.05) is 6.92 Å². The van der Waals surface area contributed by atoms with Gasteiger partial charge < -0.3 is 14.2 Å². The van der Waals surface area contributed by atoms with Crippen molar-refractivity contribution < 1.29 is 14.2 Å². The van der Waals surface area contributed by atoms with Crippen LogP contribution in [-0.2, 0) is 9.47 Å². The second-order valence-electron chi connectivity index (χ2n) is 3.62. The van der Waals surface area contributed by atoms with E-state index < -0.39 is 0 Å². The maximum Gasteiger partial charge on any atom is 0.240 e. The molecule has 1 aromatic rings. The Balaban J connectivity index is 2.20. The summed E-state index contributed by atoms with van der Waals surface area (Å²) in [4.78, 5) is 8.13. The molecule has 102 valence electrons. The third-order valence-corrected chi connectivity index (χ3v) is 2.07. The molecule has 7 heteroatoms. The van der Waals surface area contributed by atoms with Crippen molar-refractivity contribution in [3.05, 3.63) is 11.8 Å². The van der Waals surface area contributed by atoms with Crippen molar-refractivity contribution in [1.29, 1.82) is 0 Å². The Morgan fingerprint density at radius 3 is 2.78 bits per heavy atom. The van der Waals surface area contributed by atoms with Crippen LogP contribution in [-0.4, -0.2) is 43.5 Å². The molecule has 0 fully saturated rings. The van der Waals surface area contributed by atoms with Crippen molar-refractivity contribution in [3.8, 4) is 5.88 Å². The number of methoxy groups -OCH3 is 1. The van der Waals surface area contributed by atoms with Crippen LogP contribution in [0, 0.1) is 6.92 Å². The van der Waals surface area contributed by atoms with Crippen LogP contribution in [0.3, 0.4) is 0 Å². The van der Waals surface area contributed by atoms with Crippen LogP contribution in [0.25, 0.3) is 0 Å². The van der Waals surface area contributed by atoms with Gasteiger partial charge in [-0.3, -0.25) is 5.43 Å². The lowest BCUT2D eigenvalue weighted by Gasteiger charge is -2.08. The molecule has 0 aliphatic heterocycles. The zero-order valence-electron chi connectivity index (χ0n) is 10.8. The van der Waals surface area contributed by atoms with Crippen LogP contribution < -0.4 is 16.0 Å². The van der Waals surface area contributed by atoms with Gasteiger partial charge in [0.1, 0.15) is 0 Å². The Morgan fingerprint density at radius 1 is 1.22 bits per heavy atom. The van der Waals surface area contributed by atoms with E-state index in [9.17, 15) is 0 Å². The highest BCUT2D eigenvalue weighted by Crippen LogP contribution is 2.11. The fraction of sp³-hybridized carbons (Fsp3) is 0.636. The van der Waals surface area contributed by atoms with E-state index in [2.05, 4.69) is 15.4 Å². The lowest BCUT2D eigenvalue weighted by atomic mass is 10.4. The molecule has 0 amide bonds. The van der Waals surface area contributed by atoms with Gasteiger partial charge in [-0.1, -0.05) is 0 Å². The third kappa shape index (κ3) is 5.76. The highest BCUT2D eigenvalue weighted by atomic mass is 16.5. The highest BCUT2D eigenvalue weighted by Gasteiger charge is 2.01. The lowest BCUT2D eigenvalue weighted by Crippen LogP contribution is -2.12. The third-order valence-electron chi connectivity index (χ3n) is 2.07. The number of hydrogen-bond donors (Lipinski definition) is 2. The summed E-state index contributed by atoms with van der Waals surface area (Å²) in [5.74, 6) is 6.10. The number of anilines is 1. The van der Waals surface area contributed by atoms with Crippen molar-refractivity contribution >= 4 is 5.95 Å². The molecule has 0 unspecified atom stereocenters. The van der Waals surface area contributed by atoms with E-state index in [-0.39, 0.29) is 0 Å². The first-order valence-corrected chi connectivity index (χ1v) is 5.78. The summed E-state index contributed by atoms with van der Waals surface area (Å²) in [6.45, 7) is 4.23. The summed E-state index contributed by atoms with van der Waals surface area (Å²) in [7, 11) is 1.65. The lowest BCUT2D eigenvalue weighted by molar-refractivity contribution is 0.0642. The number of hydrogen-bond acceptors (Lipinski definition) is 7. The molecule has 18 heavy (non-hydrogen) atoms. The van der Waals surface area contributed by atoms with Gasteiger partial charge in [0.15, 0.2) is 0 Å². The Labute approximate surface area is 107 Å². The van der Waals surface area contributed by atoms with Gasteiger partial charge in [-0.05, 0) is 6.92 Å². The van der Waals surface area contributed by atoms with Crippen molar-refractivity contribution in [3.63, 3.8) is 0 Å². The SMILES string of the molecule is COCCOCCCOc1cc(C)nc(NN)n1. The molecule has 0 radical (unpaired) electrons. The van der Waals surface area contributed by atoms with Crippen LogP contribution in [0.4, 0.5) is 5.95 Å². The molecule has 0 spiro atoms. The van der Waals surface area contributed by atoms with Gasteiger partial charge in [0.05, 0.1) is 19.8 Å². The van der Waals surface area contributed by atoms with Crippen LogP contribution in [0.15, 0.2) is 6.07 Å². The number of ether oxygens (including phenoxy) is 3. The maximum atomic E-state index is 5.48. The molecule has 1 aromatic heterocycles. The Bertz CT molecular complexity index is 349. The summed E-state index contributed by atoms with van der Waals surface area (Å²) >= 11 is 0. The first kappa shape index (κ1) is 14.6. The molecular formula is C11H20N4O3. The minimum atomic E-state index is 0.348. The quantitative estimate of drug-likeness (QED) is 0.377. The smallest absolute Gasteiger partial charge is 0.240 e. The second kappa shape index (κ2) is 8.62. The number of nitrogens with zero attached hydrogens (tertiary/aromatic N) is 2. The van der Waals surface area contributed by atoms with Crippen molar-refractivity contribution in [2.45, 2.75) is 13.3 Å². The van der Waals surface area contributed by atoms with Crippen molar-refractivity contribution in [1.82, 2.24) is 9.97 Å². The molecule has 3 N–H and O–H groups in total. The fourth-order valence-electron chi connectivity index (χ4n) is 1.26. The number of aromatic nitrogens is 2. The zero-order chi connectivity index (χ0) is 13.2. The first-order chi connectivity index (χ1) is 8.76. The number of hydrazine groups is 1. The van der Waals surface area contributed by atoms with E-state index >= 15 is 0 Å². The summed E-state index contributed by atoms with van der Waals surface area (Å²) in [5, 5.41) is 0. The Morgan fingerprint density at radius 2 is 2.06 bits per heavy atom. The molecule has 0 atom stereocenters.